The van der Waals surface area contributed by atoms with Crippen LogP contribution >= 0.6 is 0 Å². The minimum absolute atomic E-state index is 0.106. The Morgan fingerprint density at radius 2 is 1.79 bits per heavy atom. The van der Waals surface area contributed by atoms with Gasteiger partial charge in [-0.25, -0.2) is 13.2 Å². The number of ketones is 1. The first kappa shape index (κ1) is 20.6. The summed E-state index contributed by atoms with van der Waals surface area (Å²) in [4.78, 5) is 24.8. The van der Waals surface area contributed by atoms with E-state index in [4.69, 9.17) is 9.15 Å². The van der Waals surface area contributed by atoms with E-state index in [0.29, 0.717) is 12.1 Å². The van der Waals surface area contributed by atoms with E-state index in [9.17, 15) is 18.0 Å². The normalized spacial score (nSPS) is 11.4. The molecule has 0 saturated carbocycles. The maximum absolute atomic E-state index is 12.6. The van der Waals surface area contributed by atoms with Gasteiger partial charge in [0.05, 0.1) is 23.3 Å². The van der Waals surface area contributed by atoms with Crippen LogP contribution in [0.15, 0.2) is 58.0 Å². The van der Waals surface area contributed by atoms with Crippen LogP contribution in [-0.4, -0.2) is 37.6 Å². The Balaban J connectivity index is 1.67. The Hall–Kier alpha value is -3.13. The number of sulfone groups is 1. The van der Waals surface area contributed by atoms with Gasteiger partial charge in [-0.2, -0.15) is 0 Å². The molecule has 0 saturated heterocycles. The smallest absolute Gasteiger partial charge is 0.338 e. The van der Waals surface area contributed by atoms with Crippen molar-refractivity contribution in [2.75, 3.05) is 12.9 Å². The van der Waals surface area contributed by atoms with Crippen molar-refractivity contribution in [2.24, 2.45) is 0 Å². The van der Waals surface area contributed by atoms with Crippen LogP contribution in [0.25, 0.3) is 0 Å². The second kappa shape index (κ2) is 8.08. The minimum atomic E-state index is -3.35. The largest absolute Gasteiger partial charge is 0.467 e. The monoisotopic (exact) mass is 415 g/mol. The van der Waals surface area contributed by atoms with Crippen LogP contribution in [0.3, 0.4) is 0 Å². The zero-order valence-electron chi connectivity index (χ0n) is 16.3. The molecule has 2 heterocycles. The van der Waals surface area contributed by atoms with Crippen molar-refractivity contribution in [1.29, 1.82) is 0 Å². The highest BCUT2D eigenvalue weighted by atomic mass is 32.2. The van der Waals surface area contributed by atoms with Crippen molar-refractivity contribution in [1.82, 2.24) is 4.57 Å². The molecular formula is C21H21NO6S. The number of carbonyl (C=O) groups is 2. The molecule has 2 aromatic heterocycles. The number of furan rings is 1. The molecule has 8 heteroatoms. The summed E-state index contributed by atoms with van der Waals surface area (Å²) in [6.07, 6.45) is 2.68. The highest BCUT2D eigenvalue weighted by Gasteiger charge is 2.19. The van der Waals surface area contributed by atoms with Gasteiger partial charge >= 0.3 is 5.97 Å². The zero-order valence-corrected chi connectivity index (χ0v) is 17.2. The van der Waals surface area contributed by atoms with E-state index < -0.39 is 22.4 Å². The first-order chi connectivity index (χ1) is 13.7. The number of ether oxygens (including phenoxy) is 1. The van der Waals surface area contributed by atoms with Crippen LogP contribution in [0, 0.1) is 13.8 Å². The number of aryl methyl sites for hydroxylation is 1. The van der Waals surface area contributed by atoms with Crippen LogP contribution < -0.4 is 0 Å². The second-order valence-electron chi connectivity index (χ2n) is 6.75. The molecule has 0 N–H and O–H groups in total. The van der Waals surface area contributed by atoms with E-state index in [1.54, 1.807) is 18.4 Å². The number of benzene rings is 1. The summed E-state index contributed by atoms with van der Waals surface area (Å²) < 4.78 is 35.4. The van der Waals surface area contributed by atoms with Crippen molar-refractivity contribution >= 4 is 21.6 Å². The molecule has 7 nitrogen and oxygen atoms in total. The van der Waals surface area contributed by atoms with E-state index in [1.165, 1.54) is 24.3 Å². The average Bonchev–Trinajstić information content (AvgIpc) is 3.29. The Labute approximate surface area is 168 Å². The molecule has 0 fully saturated rings. The molecule has 0 aliphatic carbocycles. The molecule has 3 aromatic rings. The van der Waals surface area contributed by atoms with Gasteiger partial charge in [-0.15, -0.1) is 0 Å². The molecule has 0 amide bonds. The Morgan fingerprint density at radius 3 is 2.38 bits per heavy atom. The molecule has 0 atom stereocenters. The Morgan fingerprint density at radius 1 is 1.10 bits per heavy atom. The fourth-order valence-corrected chi connectivity index (χ4v) is 3.65. The van der Waals surface area contributed by atoms with Crippen molar-refractivity contribution in [3.63, 3.8) is 0 Å². The standard InChI is InChI=1S/C21H21NO6S/c1-14-11-19(15(2)22(14)12-17-5-4-10-27-17)20(23)13-28-21(24)16-6-8-18(9-7-16)29(3,25)26/h4-11H,12-13H2,1-3H3. The summed E-state index contributed by atoms with van der Waals surface area (Å²) in [5.41, 5.74) is 2.31. The number of carbonyl (C=O) groups excluding carboxylic acids is 2. The van der Waals surface area contributed by atoms with Gasteiger partial charge < -0.3 is 13.7 Å². The molecule has 0 aliphatic rings. The van der Waals surface area contributed by atoms with E-state index in [2.05, 4.69) is 0 Å². The third-order valence-corrected chi connectivity index (χ3v) is 5.75. The topological polar surface area (TPSA) is 95.6 Å². The number of esters is 1. The number of aromatic nitrogens is 1. The van der Waals surface area contributed by atoms with Crippen LogP contribution in [-0.2, 0) is 21.1 Å². The Bertz CT molecular complexity index is 1140. The van der Waals surface area contributed by atoms with E-state index >= 15 is 0 Å². The van der Waals surface area contributed by atoms with Crippen molar-refractivity contribution in [2.45, 2.75) is 25.3 Å². The zero-order chi connectivity index (χ0) is 21.2. The fourth-order valence-electron chi connectivity index (χ4n) is 3.02. The fraction of sp³-hybridized carbons (Fsp3) is 0.238. The molecule has 0 radical (unpaired) electrons. The summed E-state index contributed by atoms with van der Waals surface area (Å²) in [6.45, 7) is 3.82. The van der Waals surface area contributed by atoms with Gasteiger partial charge in [-0.3, -0.25) is 4.79 Å². The van der Waals surface area contributed by atoms with Crippen LogP contribution in [0.4, 0.5) is 0 Å². The van der Waals surface area contributed by atoms with Gasteiger partial charge in [0, 0.05) is 23.2 Å². The summed E-state index contributed by atoms with van der Waals surface area (Å²) >= 11 is 0. The maximum Gasteiger partial charge on any atom is 0.338 e. The van der Waals surface area contributed by atoms with Crippen molar-refractivity contribution in [3.05, 3.63) is 77.0 Å². The number of hydrogen-bond acceptors (Lipinski definition) is 6. The predicted molar refractivity (Wildman–Crippen MR) is 106 cm³/mol. The molecule has 0 unspecified atom stereocenters. The van der Waals surface area contributed by atoms with E-state index in [1.807, 2.05) is 24.5 Å². The van der Waals surface area contributed by atoms with E-state index in [0.717, 1.165) is 23.4 Å². The maximum atomic E-state index is 12.6. The van der Waals surface area contributed by atoms with Crippen LogP contribution in [0.2, 0.25) is 0 Å². The lowest BCUT2D eigenvalue weighted by atomic mass is 10.1. The highest BCUT2D eigenvalue weighted by Crippen LogP contribution is 2.18. The molecule has 1 aromatic carbocycles. The second-order valence-corrected chi connectivity index (χ2v) is 8.76. The first-order valence-electron chi connectivity index (χ1n) is 8.86. The molecule has 0 spiro atoms. The summed E-state index contributed by atoms with van der Waals surface area (Å²) in [5, 5.41) is 0. The lowest BCUT2D eigenvalue weighted by Gasteiger charge is -2.08. The molecular weight excluding hydrogens is 394 g/mol. The third-order valence-electron chi connectivity index (χ3n) is 4.62. The molecule has 0 bridgehead atoms. The van der Waals surface area contributed by atoms with Gasteiger partial charge in [0.2, 0.25) is 5.78 Å². The van der Waals surface area contributed by atoms with Crippen molar-refractivity contribution in [3.8, 4) is 0 Å². The van der Waals surface area contributed by atoms with E-state index in [-0.39, 0.29) is 16.2 Å². The number of hydrogen-bond donors (Lipinski definition) is 0. The van der Waals surface area contributed by atoms with Gasteiger partial charge in [-0.1, -0.05) is 0 Å². The predicted octanol–water partition coefficient (Wildman–Crippen LogP) is 3.19. The lowest BCUT2D eigenvalue weighted by Crippen LogP contribution is -2.15. The lowest BCUT2D eigenvalue weighted by molar-refractivity contribution is 0.0474. The molecule has 0 aliphatic heterocycles. The van der Waals surface area contributed by atoms with Gasteiger partial charge in [0.1, 0.15) is 5.76 Å². The summed E-state index contributed by atoms with van der Waals surface area (Å²) in [7, 11) is -3.35. The molecule has 152 valence electrons. The first-order valence-corrected chi connectivity index (χ1v) is 10.8. The average molecular weight is 415 g/mol. The highest BCUT2D eigenvalue weighted by molar-refractivity contribution is 7.90. The van der Waals surface area contributed by atoms with Gasteiger partial charge in [0.15, 0.2) is 16.4 Å². The number of nitrogens with zero attached hydrogens (tertiary/aromatic N) is 1. The summed E-state index contributed by atoms with van der Waals surface area (Å²) in [5.74, 6) is -0.234. The molecule has 29 heavy (non-hydrogen) atoms. The van der Waals surface area contributed by atoms with Crippen LogP contribution in [0.5, 0.6) is 0 Å². The molecule has 3 rings (SSSR count). The van der Waals surface area contributed by atoms with Gasteiger partial charge in [-0.05, 0) is 56.3 Å². The van der Waals surface area contributed by atoms with Gasteiger partial charge in [0.25, 0.3) is 0 Å². The quantitative estimate of drug-likeness (QED) is 0.434. The minimum Gasteiger partial charge on any atom is -0.467 e. The Kier molecular flexibility index (Phi) is 5.74. The number of rotatable bonds is 7. The third kappa shape index (κ3) is 4.65. The number of Topliss-reactive ketones (excluding diaryl/α,β-unsaturated/α-hetero) is 1. The SMILES string of the molecule is Cc1cc(C(=O)COC(=O)c2ccc(S(C)(=O)=O)cc2)c(C)n1Cc1ccco1. The summed E-state index contributed by atoms with van der Waals surface area (Å²) in [6, 6.07) is 10.8. The van der Waals surface area contributed by atoms with Crippen LogP contribution in [0.1, 0.15) is 37.9 Å². The van der Waals surface area contributed by atoms with Crippen molar-refractivity contribution < 1.29 is 27.2 Å².